The van der Waals surface area contributed by atoms with Gasteiger partial charge in [0.1, 0.15) is 0 Å². The van der Waals surface area contributed by atoms with E-state index in [2.05, 4.69) is 48.5 Å². The highest BCUT2D eigenvalue weighted by Crippen LogP contribution is 2.22. The zero-order chi connectivity index (χ0) is 19.6. The molecule has 0 aliphatic heterocycles. The Morgan fingerprint density at radius 1 is 1.04 bits per heavy atom. The summed E-state index contributed by atoms with van der Waals surface area (Å²) >= 11 is 0. The molecule has 3 rings (SSSR count). The monoisotopic (exact) mass is 361 g/mol. The lowest BCUT2D eigenvalue weighted by Crippen LogP contribution is -2.28. The first-order valence-corrected chi connectivity index (χ1v) is 9.33. The quantitative estimate of drug-likeness (QED) is 0.719. The molecule has 1 heterocycles. The van der Waals surface area contributed by atoms with Crippen LogP contribution in [0.2, 0.25) is 0 Å². The van der Waals surface area contributed by atoms with E-state index >= 15 is 0 Å². The Balaban J connectivity index is 1.81. The van der Waals surface area contributed by atoms with Gasteiger partial charge in [-0.2, -0.15) is 5.10 Å². The van der Waals surface area contributed by atoms with Crippen LogP contribution in [0.15, 0.2) is 48.5 Å². The van der Waals surface area contributed by atoms with Crippen molar-refractivity contribution in [2.24, 2.45) is 0 Å². The highest BCUT2D eigenvalue weighted by molar-refractivity contribution is 5.96. The molecule has 1 atom stereocenters. The van der Waals surface area contributed by atoms with E-state index in [4.69, 9.17) is 0 Å². The number of hydrogen-bond acceptors (Lipinski definition) is 2. The molecule has 0 spiro atoms. The summed E-state index contributed by atoms with van der Waals surface area (Å²) in [5.41, 5.74) is 7.09. The molecule has 0 saturated carbocycles. The summed E-state index contributed by atoms with van der Waals surface area (Å²) in [6.07, 6.45) is 0. The van der Waals surface area contributed by atoms with E-state index in [1.165, 1.54) is 16.7 Å². The SMILES string of the molecule is Cc1cccc(C(C)NC(=O)c2c(C)nn(Cc3ccccc3)c2C)c1C. The Kier molecular flexibility index (Phi) is 5.45. The summed E-state index contributed by atoms with van der Waals surface area (Å²) < 4.78 is 1.90. The van der Waals surface area contributed by atoms with Crippen molar-refractivity contribution in [1.82, 2.24) is 15.1 Å². The summed E-state index contributed by atoms with van der Waals surface area (Å²) in [5, 5.41) is 7.74. The zero-order valence-corrected chi connectivity index (χ0v) is 16.7. The van der Waals surface area contributed by atoms with Crippen LogP contribution < -0.4 is 5.32 Å². The number of benzene rings is 2. The lowest BCUT2D eigenvalue weighted by atomic mass is 9.98. The molecule has 1 aromatic heterocycles. The molecule has 0 aliphatic carbocycles. The molecule has 4 heteroatoms. The minimum Gasteiger partial charge on any atom is -0.345 e. The first-order chi connectivity index (χ1) is 12.9. The maximum atomic E-state index is 13.0. The van der Waals surface area contributed by atoms with Gasteiger partial charge in [-0.25, -0.2) is 0 Å². The van der Waals surface area contributed by atoms with Crippen LogP contribution in [0.4, 0.5) is 0 Å². The third-order valence-corrected chi connectivity index (χ3v) is 5.24. The van der Waals surface area contributed by atoms with Crippen molar-refractivity contribution in [2.75, 3.05) is 0 Å². The lowest BCUT2D eigenvalue weighted by Gasteiger charge is -2.18. The number of amides is 1. The van der Waals surface area contributed by atoms with E-state index < -0.39 is 0 Å². The average Bonchev–Trinajstić information content (AvgIpc) is 2.91. The molecule has 140 valence electrons. The van der Waals surface area contributed by atoms with Gasteiger partial charge in [0.2, 0.25) is 0 Å². The van der Waals surface area contributed by atoms with Gasteiger partial charge in [-0.1, -0.05) is 48.5 Å². The van der Waals surface area contributed by atoms with Crippen molar-refractivity contribution in [3.05, 3.63) is 87.7 Å². The van der Waals surface area contributed by atoms with E-state index in [0.717, 1.165) is 17.0 Å². The molecule has 27 heavy (non-hydrogen) atoms. The summed E-state index contributed by atoms with van der Waals surface area (Å²) in [4.78, 5) is 13.0. The van der Waals surface area contributed by atoms with Crippen LogP contribution in [0.5, 0.6) is 0 Å². The second kappa shape index (κ2) is 7.78. The topological polar surface area (TPSA) is 46.9 Å². The molecule has 2 aromatic carbocycles. The Labute approximate surface area is 161 Å². The molecule has 0 aliphatic rings. The fourth-order valence-corrected chi connectivity index (χ4v) is 3.53. The van der Waals surface area contributed by atoms with Crippen molar-refractivity contribution >= 4 is 5.91 Å². The standard InChI is InChI=1S/C23H27N3O/c1-15-10-9-13-21(16(15)2)17(3)24-23(27)22-18(4)25-26(19(22)5)14-20-11-7-6-8-12-20/h6-13,17H,14H2,1-5H3,(H,24,27). The minimum absolute atomic E-state index is 0.0614. The Morgan fingerprint density at radius 3 is 2.44 bits per heavy atom. The number of aryl methyl sites for hydroxylation is 2. The molecule has 0 fully saturated rings. The van der Waals surface area contributed by atoms with E-state index in [0.29, 0.717) is 12.1 Å². The molecule has 0 saturated heterocycles. The van der Waals surface area contributed by atoms with Crippen molar-refractivity contribution in [2.45, 2.75) is 47.2 Å². The normalized spacial score (nSPS) is 12.0. The maximum absolute atomic E-state index is 13.0. The van der Waals surface area contributed by atoms with Crippen LogP contribution in [-0.4, -0.2) is 15.7 Å². The molecule has 3 aromatic rings. The van der Waals surface area contributed by atoms with Crippen LogP contribution in [-0.2, 0) is 6.54 Å². The lowest BCUT2D eigenvalue weighted by molar-refractivity contribution is 0.0938. The summed E-state index contributed by atoms with van der Waals surface area (Å²) in [6, 6.07) is 16.3. The Morgan fingerprint density at radius 2 is 1.74 bits per heavy atom. The van der Waals surface area contributed by atoms with Crippen molar-refractivity contribution in [1.29, 1.82) is 0 Å². The van der Waals surface area contributed by atoms with Gasteiger partial charge in [0.25, 0.3) is 5.91 Å². The molecule has 4 nitrogen and oxygen atoms in total. The highest BCUT2D eigenvalue weighted by atomic mass is 16.1. The second-order valence-electron chi connectivity index (χ2n) is 7.17. The van der Waals surface area contributed by atoms with Gasteiger partial charge in [-0.3, -0.25) is 9.48 Å². The molecule has 1 unspecified atom stereocenters. The number of rotatable bonds is 5. The predicted molar refractivity (Wildman–Crippen MR) is 109 cm³/mol. The minimum atomic E-state index is -0.0716. The van der Waals surface area contributed by atoms with Gasteiger partial charge in [-0.15, -0.1) is 0 Å². The van der Waals surface area contributed by atoms with E-state index in [1.807, 2.05) is 49.7 Å². The zero-order valence-electron chi connectivity index (χ0n) is 16.7. The van der Waals surface area contributed by atoms with E-state index in [1.54, 1.807) is 0 Å². The fraction of sp³-hybridized carbons (Fsp3) is 0.304. The number of nitrogens with zero attached hydrogens (tertiary/aromatic N) is 2. The molecule has 0 bridgehead atoms. The van der Waals surface area contributed by atoms with Crippen molar-refractivity contribution < 1.29 is 4.79 Å². The smallest absolute Gasteiger partial charge is 0.255 e. The third kappa shape index (κ3) is 3.95. The van der Waals surface area contributed by atoms with Crippen molar-refractivity contribution in [3.63, 3.8) is 0 Å². The molecule has 0 radical (unpaired) electrons. The third-order valence-electron chi connectivity index (χ3n) is 5.24. The molecule has 1 amide bonds. The maximum Gasteiger partial charge on any atom is 0.255 e. The Hall–Kier alpha value is -2.88. The molecule has 1 N–H and O–H groups in total. The van der Waals surface area contributed by atoms with Gasteiger partial charge in [0.05, 0.1) is 23.8 Å². The largest absolute Gasteiger partial charge is 0.345 e. The number of nitrogens with one attached hydrogen (secondary N) is 1. The van der Waals surface area contributed by atoms with Gasteiger partial charge >= 0.3 is 0 Å². The Bertz CT molecular complexity index is 957. The van der Waals surface area contributed by atoms with E-state index in [9.17, 15) is 4.79 Å². The highest BCUT2D eigenvalue weighted by Gasteiger charge is 2.21. The fourth-order valence-electron chi connectivity index (χ4n) is 3.53. The van der Waals surface area contributed by atoms with Crippen LogP contribution in [0.1, 0.15) is 57.0 Å². The molecular weight excluding hydrogens is 334 g/mol. The van der Waals surface area contributed by atoms with Crippen LogP contribution in [0.25, 0.3) is 0 Å². The first-order valence-electron chi connectivity index (χ1n) is 9.33. The summed E-state index contributed by atoms with van der Waals surface area (Å²) in [7, 11) is 0. The molecular formula is C23H27N3O. The van der Waals surface area contributed by atoms with Gasteiger partial charge in [0, 0.05) is 5.69 Å². The number of aromatic nitrogens is 2. The van der Waals surface area contributed by atoms with Gasteiger partial charge in [0.15, 0.2) is 0 Å². The number of carbonyl (C=O) groups is 1. The van der Waals surface area contributed by atoms with E-state index in [-0.39, 0.29) is 11.9 Å². The van der Waals surface area contributed by atoms with Crippen LogP contribution >= 0.6 is 0 Å². The van der Waals surface area contributed by atoms with Crippen LogP contribution in [0.3, 0.4) is 0 Å². The predicted octanol–water partition coefficient (Wildman–Crippen LogP) is 4.66. The number of hydrogen-bond donors (Lipinski definition) is 1. The van der Waals surface area contributed by atoms with Crippen molar-refractivity contribution in [3.8, 4) is 0 Å². The van der Waals surface area contributed by atoms with Crippen LogP contribution in [0, 0.1) is 27.7 Å². The van der Waals surface area contributed by atoms with Gasteiger partial charge < -0.3 is 5.32 Å². The second-order valence-corrected chi connectivity index (χ2v) is 7.17. The summed E-state index contributed by atoms with van der Waals surface area (Å²) in [5.74, 6) is -0.0716. The number of carbonyl (C=O) groups excluding carboxylic acids is 1. The first kappa shape index (κ1) is 18.9. The van der Waals surface area contributed by atoms with Gasteiger partial charge in [-0.05, 0) is 56.9 Å². The summed E-state index contributed by atoms with van der Waals surface area (Å²) in [6.45, 7) is 10.7. The average molecular weight is 361 g/mol.